The number of nitrogens with zero attached hydrogens (tertiary/aromatic N) is 2. The standard InChI is InChI=1S/C36H29Cl2N2O3P/c1-36(28-22-23-31(37)32(38)24-28)34(35(41)43-33(26-14-6-2-7-15-26)27-16-8-3-9-17-27)39-25-40(36)44(42,29-18-10-4-11-19-29)30-20-12-5-13-21-30/h2-25,33-34H,1H3/t34-,36-/m0/s1. The SMILES string of the molecule is C[C@]1(c2ccc(Cl)c(Cl)c2)[C@H](C(=O)OC(c2ccccc2)c2ccccc2)N=CN1P(=O)(c1ccccc1)c1ccccc1. The Morgan fingerprint density at radius 2 is 1.23 bits per heavy atom. The third kappa shape index (κ3) is 5.37. The van der Waals surface area contributed by atoms with Gasteiger partial charge in [0.25, 0.3) is 0 Å². The third-order valence-corrected chi connectivity index (χ3v) is 11.9. The average molecular weight is 640 g/mol. The molecule has 0 spiro atoms. The summed E-state index contributed by atoms with van der Waals surface area (Å²) in [7, 11) is -3.61. The van der Waals surface area contributed by atoms with Crippen LogP contribution in [0, 0.1) is 0 Å². The Labute approximate surface area is 267 Å². The molecule has 44 heavy (non-hydrogen) atoms. The monoisotopic (exact) mass is 638 g/mol. The molecule has 1 aliphatic heterocycles. The summed E-state index contributed by atoms with van der Waals surface area (Å²) >= 11 is 12.9. The maximum atomic E-state index is 15.6. The summed E-state index contributed by atoms with van der Waals surface area (Å²) in [5.74, 6) is -0.567. The van der Waals surface area contributed by atoms with Crippen molar-refractivity contribution in [2.24, 2.45) is 4.99 Å². The van der Waals surface area contributed by atoms with Crippen molar-refractivity contribution in [1.82, 2.24) is 4.67 Å². The van der Waals surface area contributed by atoms with Crippen molar-refractivity contribution in [3.63, 3.8) is 0 Å². The fourth-order valence-electron chi connectivity index (χ4n) is 5.70. The molecular formula is C36H29Cl2N2O3P. The van der Waals surface area contributed by atoms with Gasteiger partial charge < -0.3 is 4.74 Å². The Morgan fingerprint density at radius 3 is 1.70 bits per heavy atom. The first-order chi connectivity index (χ1) is 21.3. The molecule has 1 heterocycles. The largest absolute Gasteiger partial charge is 0.451 e. The fourth-order valence-corrected chi connectivity index (χ4v) is 8.96. The van der Waals surface area contributed by atoms with E-state index < -0.39 is 30.9 Å². The summed E-state index contributed by atoms with van der Waals surface area (Å²) in [4.78, 5) is 19.1. The first-order valence-electron chi connectivity index (χ1n) is 14.1. The van der Waals surface area contributed by atoms with Gasteiger partial charge in [-0.1, -0.05) is 126 Å². The number of ether oxygens (including phenoxy) is 1. The van der Waals surface area contributed by atoms with Crippen LogP contribution in [-0.4, -0.2) is 23.0 Å². The van der Waals surface area contributed by atoms with Gasteiger partial charge in [0, 0.05) is 10.6 Å². The van der Waals surface area contributed by atoms with E-state index in [0.717, 1.165) is 11.1 Å². The summed E-state index contributed by atoms with van der Waals surface area (Å²) in [6.45, 7) is 1.85. The Bertz CT molecular complexity index is 1760. The second-order valence-electron chi connectivity index (χ2n) is 10.7. The van der Waals surface area contributed by atoms with Crippen LogP contribution in [0.5, 0.6) is 0 Å². The van der Waals surface area contributed by atoms with Gasteiger partial charge in [-0.05, 0) is 60.0 Å². The van der Waals surface area contributed by atoms with Crippen LogP contribution in [0.3, 0.4) is 0 Å². The van der Waals surface area contributed by atoms with E-state index >= 15 is 4.57 Å². The number of hydrogen-bond acceptors (Lipinski definition) is 4. The summed E-state index contributed by atoms with van der Waals surface area (Å²) in [6.07, 6.45) is 0.845. The molecule has 5 aromatic rings. The molecule has 220 valence electrons. The Balaban J connectivity index is 1.49. The van der Waals surface area contributed by atoms with Crippen molar-refractivity contribution in [1.29, 1.82) is 0 Å². The molecule has 1 aliphatic rings. The quantitative estimate of drug-likeness (QED) is 0.127. The number of aliphatic imine (C=N–C) groups is 1. The first kappa shape index (κ1) is 29.9. The normalized spacial score (nSPS) is 18.0. The van der Waals surface area contributed by atoms with Gasteiger partial charge in [0.1, 0.15) is 5.54 Å². The van der Waals surface area contributed by atoms with Crippen LogP contribution in [0.2, 0.25) is 10.0 Å². The second kappa shape index (κ2) is 12.5. The zero-order valence-electron chi connectivity index (χ0n) is 23.8. The number of carbonyl (C=O) groups is 1. The lowest BCUT2D eigenvalue weighted by atomic mass is 9.85. The zero-order valence-corrected chi connectivity index (χ0v) is 26.2. The fraction of sp³-hybridized carbons (Fsp3) is 0.111. The molecule has 6 rings (SSSR count). The molecule has 0 fully saturated rings. The number of hydrogen-bond donors (Lipinski definition) is 0. The van der Waals surface area contributed by atoms with Crippen LogP contribution >= 0.6 is 30.5 Å². The van der Waals surface area contributed by atoms with Gasteiger partial charge >= 0.3 is 5.97 Å². The van der Waals surface area contributed by atoms with E-state index in [-0.39, 0.29) is 0 Å². The Hall–Kier alpha value is -4.15. The predicted octanol–water partition coefficient (Wildman–Crippen LogP) is 8.18. The molecule has 8 heteroatoms. The number of carbonyl (C=O) groups excluding carboxylic acids is 1. The van der Waals surface area contributed by atoms with Crippen LogP contribution < -0.4 is 10.6 Å². The number of rotatable bonds is 8. The Kier molecular flexibility index (Phi) is 8.46. The summed E-state index contributed by atoms with van der Waals surface area (Å²) in [5, 5.41) is 1.88. The number of halogens is 2. The minimum Gasteiger partial charge on any atom is -0.451 e. The second-order valence-corrected chi connectivity index (χ2v) is 14.1. The van der Waals surface area contributed by atoms with E-state index in [9.17, 15) is 4.79 Å². The molecule has 2 atom stereocenters. The zero-order chi connectivity index (χ0) is 30.7. The van der Waals surface area contributed by atoms with Crippen LogP contribution in [0.15, 0.2) is 145 Å². The van der Waals surface area contributed by atoms with Gasteiger partial charge in [0.05, 0.1) is 16.4 Å². The topological polar surface area (TPSA) is 59.0 Å². The highest BCUT2D eigenvalue weighted by Crippen LogP contribution is 2.57. The van der Waals surface area contributed by atoms with Crippen molar-refractivity contribution >= 4 is 53.4 Å². The third-order valence-electron chi connectivity index (χ3n) is 8.02. The minimum atomic E-state index is -3.61. The van der Waals surface area contributed by atoms with Crippen molar-refractivity contribution in [2.75, 3.05) is 0 Å². The summed E-state index contributed by atoms with van der Waals surface area (Å²) in [6, 6.07) is 41.7. The highest BCUT2D eigenvalue weighted by Gasteiger charge is 2.56. The molecule has 0 saturated carbocycles. The number of esters is 1. The molecule has 5 nitrogen and oxygen atoms in total. The van der Waals surface area contributed by atoms with E-state index in [2.05, 4.69) is 0 Å². The number of benzene rings is 5. The molecule has 0 saturated heterocycles. The Morgan fingerprint density at radius 1 is 0.750 bits per heavy atom. The molecule has 0 aliphatic carbocycles. The summed E-state index contributed by atoms with van der Waals surface area (Å²) < 4.78 is 23.7. The van der Waals surface area contributed by atoms with Crippen LogP contribution in [0.25, 0.3) is 0 Å². The van der Waals surface area contributed by atoms with E-state index in [1.54, 1.807) is 22.9 Å². The van der Waals surface area contributed by atoms with Gasteiger partial charge in [-0.25, -0.2) is 4.79 Å². The van der Waals surface area contributed by atoms with Crippen molar-refractivity contribution in [3.05, 3.63) is 166 Å². The predicted molar refractivity (Wildman–Crippen MR) is 179 cm³/mol. The molecule has 5 aromatic carbocycles. The van der Waals surface area contributed by atoms with Gasteiger partial charge in [0.2, 0.25) is 7.29 Å². The van der Waals surface area contributed by atoms with E-state index in [1.807, 2.05) is 128 Å². The molecule has 0 N–H and O–H groups in total. The molecule has 0 unspecified atom stereocenters. The molecule has 0 aromatic heterocycles. The van der Waals surface area contributed by atoms with Crippen molar-refractivity contribution in [3.8, 4) is 0 Å². The first-order valence-corrected chi connectivity index (χ1v) is 16.6. The van der Waals surface area contributed by atoms with Gasteiger partial charge in [-0.3, -0.25) is 14.2 Å². The highest BCUT2D eigenvalue weighted by molar-refractivity contribution is 7.77. The average Bonchev–Trinajstić information content (AvgIpc) is 3.44. The van der Waals surface area contributed by atoms with Crippen LogP contribution in [0.1, 0.15) is 29.7 Å². The highest BCUT2D eigenvalue weighted by atomic mass is 35.5. The van der Waals surface area contributed by atoms with Gasteiger partial charge in [-0.15, -0.1) is 0 Å². The van der Waals surface area contributed by atoms with E-state index in [0.29, 0.717) is 26.2 Å². The van der Waals surface area contributed by atoms with E-state index in [1.165, 1.54) is 6.34 Å². The maximum absolute atomic E-state index is 15.6. The van der Waals surface area contributed by atoms with Gasteiger partial charge in [-0.2, -0.15) is 0 Å². The maximum Gasteiger partial charge on any atom is 0.334 e. The minimum absolute atomic E-state index is 0.310. The molecule has 0 amide bonds. The van der Waals surface area contributed by atoms with E-state index in [4.69, 9.17) is 32.9 Å². The van der Waals surface area contributed by atoms with Crippen molar-refractivity contribution in [2.45, 2.75) is 24.6 Å². The lowest BCUT2D eigenvalue weighted by Gasteiger charge is -2.43. The molecule has 0 radical (unpaired) electrons. The summed E-state index contributed by atoms with van der Waals surface area (Å²) in [5.41, 5.74) is 0.988. The lowest BCUT2D eigenvalue weighted by molar-refractivity contribution is -0.151. The smallest absolute Gasteiger partial charge is 0.334 e. The lowest BCUT2D eigenvalue weighted by Crippen LogP contribution is -2.50. The molecule has 0 bridgehead atoms. The van der Waals surface area contributed by atoms with Crippen molar-refractivity contribution < 1.29 is 14.1 Å². The van der Waals surface area contributed by atoms with Crippen LogP contribution in [0.4, 0.5) is 0 Å². The molecular weight excluding hydrogens is 610 g/mol. The van der Waals surface area contributed by atoms with Crippen LogP contribution in [-0.2, 0) is 19.6 Å². The van der Waals surface area contributed by atoms with Gasteiger partial charge in [0.15, 0.2) is 12.1 Å².